The average molecular weight is 468 g/mol. The van der Waals surface area contributed by atoms with Crippen molar-refractivity contribution in [1.29, 1.82) is 0 Å². The van der Waals surface area contributed by atoms with Crippen LogP contribution in [-0.4, -0.2) is 61.1 Å². The predicted octanol–water partition coefficient (Wildman–Crippen LogP) is 2.81. The molecule has 9 heteroatoms. The third kappa shape index (κ3) is 3.13. The van der Waals surface area contributed by atoms with Gasteiger partial charge in [0.25, 0.3) is 5.78 Å². The molecule has 8 nitrogen and oxygen atoms in total. The molecule has 154 valence electrons. The highest BCUT2D eigenvalue weighted by atomic mass is 79.9. The Balaban J connectivity index is 1.32. The number of fused-ring (bicyclic) bond motifs is 2. The predicted molar refractivity (Wildman–Crippen MR) is 119 cm³/mol. The zero-order chi connectivity index (χ0) is 20.8. The lowest BCUT2D eigenvalue weighted by molar-refractivity contribution is -0.132. The number of aryl methyl sites for hydroxylation is 1. The van der Waals surface area contributed by atoms with E-state index in [0.717, 1.165) is 45.7 Å². The molecule has 0 bridgehead atoms. The third-order valence-corrected chi connectivity index (χ3v) is 6.77. The van der Waals surface area contributed by atoms with E-state index in [-0.39, 0.29) is 5.91 Å². The van der Waals surface area contributed by atoms with E-state index < -0.39 is 0 Å². The minimum atomic E-state index is 0.141. The van der Waals surface area contributed by atoms with Gasteiger partial charge in [-0.3, -0.25) is 4.79 Å². The van der Waals surface area contributed by atoms with Crippen LogP contribution in [0, 0.1) is 13.8 Å². The van der Waals surface area contributed by atoms with Gasteiger partial charge in [0.2, 0.25) is 5.91 Å². The number of amides is 1. The maximum Gasteiger partial charge on any atom is 0.254 e. The number of anilines is 1. The van der Waals surface area contributed by atoms with Gasteiger partial charge in [-0.2, -0.15) is 14.6 Å². The first-order chi connectivity index (χ1) is 14.5. The number of hydrogen-bond acceptors (Lipinski definition) is 5. The smallest absolute Gasteiger partial charge is 0.254 e. The first-order valence-corrected chi connectivity index (χ1v) is 10.8. The number of rotatable bonds is 3. The van der Waals surface area contributed by atoms with Gasteiger partial charge in [0.05, 0.1) is 0 Å². The van der Waals surface area contributed by atoms with Crippen molar-refractivity contribution in [2.45, 2.75) is 20.4 Å². The van der Waals surface area contributed by atoms with Gasteiger partial charge in [-0.05, 0) is 35.8 Å². The zero-order valence-corrected chi connectivity index (χ0v) is 18.5. The molecule has 0 spiro atoms. The maximum absolute atomic E-state index is 13.1. The van der Waals surface area contributed by atoms with E-state index in [4.69, 9.17) is 0 Å². The molecule has 4 heterocycles. The molecule has 4 aromatic rings. The van der Waals surface area contributed by atoms with E-state index in [1.807, 2.05) is 36.9 Å². The van der Waals surface area contributed by atoms with Crippen LogP contribution in [0.15, 0.2) is 41.1 Å². The number of carbonyl (C=O) groups excluding carboxylic acids is 1. The van der Waals surface area contributed by atoms with Crippen LogP contribution in [0.4, 0.5) is 5.82 Å². The monoisotopic (exact) mass is 467 g/mol. The Hall–Kier alpha value is -2.94. The fourth-order valence-electron chi connectivity index (χ4n) is 4.15. The molecule has 1 aromatic carbocycles. The minimum absolute atomic E-state index is 0.141. The summed E-state index contributed by atoms with van der Waals surface area (Å²) in [6, 6.07) is 10.2. The molecule has 1 amide bonds. The lowest BCUT2D eigenvalue weighted by Crippen LogP contribution is -2.50. The summed E-state index contributed by atoms with van der Waals surface area (Å²) in [7, 11) is 0. The molecule has 0 unspecified atom stereocenters. The number of piperazine rings is 1. The fraction of sp³-hybridized carbons (Fsp3) is 0.333. The van der Waals surface area contributed by atoms with Crippen molar-refractivity contribution in [1.82, 2.24) is 29.0 Å². The third-order valence-electron chi connectivity index (χ3n) is 5.76. The van der Waals surface area contributed by atoms with Gasteiger partial charge in [0.15, 0.2) is 0 Å². The molecule has 0 radical (unpaired) electrons. The molecule has 0 saturated carbocycles. The van der Waals surface area contributed by atoms with E-state index in [1.54, 1.807) is 4.52 Å². The van der Waals surface area contributed by atoms with Crippen LogP contribution in [0.5, 0.6) is 0 Å². The van der Waals surface area contributed by atoms with Crippen LogP contribution >= 0.6 is 15.9 Å². The van der Waals surface area contributed by atoms with Crippen LogP contribution in [-0.2, 0) is 11.3 Å². The second kappa shape index (κ2) is 7.39. The molecule has 0 aliphatic carbocycles. The normalized spacial score (nSPS) is 14.8. The number of hydrogen-bond donors (Lipinski definition) is 0. The maximum atomic E-state index is 13.1. The molecule has 1 aliphatic heterocycles. The fourth-order valence-corrected chi connectivity index (χ4v) is 4.70. The lowest BCUT2D eigenvalue weighted by atomic mass is 10.2. The second-order valence-electron chi connectivity index (χ2n) is 7.60. The van der Waals surface area contributed by atoms with E-state index >= 15 is 0 Å². The van der Waals surface area contributed by atoms with Crippen LogP contribution in [0.3, 0.4) is 0 Å². The highest BCUT2D eigenvalue weighted by Gasteiger charge is 2.24. The molecule has 5 rings (SSSR count). The van der Waals surface area contributed by atoms with Gasteiger partial charge in [-0.15, -0.1) is 0 Å². The molecular formula is C21H22BrN7O. The summed E-state index contributed by atoms with van der Waals surface area (Å²) >= 11 is 3.67. The summed E-state index contributed by atoms with van der Waals surface area (Å²) in [5, 5.41) is 5.44. The Morgan fingerprint density at radius 2 is 1.90 bits per heavy atom. The van der Waals surface area contributed by atoms with Crippen molar-refractivity contribution in [2.24, 2.45) is 0 Å². The number of nitrogens with zero attached hydrogens (tertiary/aromatic N) is 7. The molecule has 0 N–H and O–H groups in total. The Bertz CT molecular complexity index is 1250. The van der Waals surface area contributed by atoms with E-state index in [1.165, 1.54) is 6.33 Å². The quantitative estimate of drug-likeness (QED) is 0.463. The highest BCUT2D eigenvalue weighted by Crippen LogP contribution is 2.30. The second-order valence-corrected chi connectivity index (χ2v) is 8.39. The summed E-state index contributed by atoms with van der Waals surface area (Å²) in [6.07, 6.45) is 1.52. The molecule has 30 heavy (non-hydrogen) atoms. The number of carbonyl (C=O) groups is 1. The minimum Gasteiger partial charge on any atom is -0.353 e. The molecule has 0 atom stereocenters. The Morgan fingerprint density at radius 3 is 2.70 bits per heavy atom. The molecule has 3 aromatic heterocycles. The summed E-state index contributed by atoms with van der Waals surface area (Å²) < 4.78 is 4.91. The average Bonchev–Trinajstić information content (AvgIpc) is 3.32. The van der Waals surface area contributed by atoms with E-state index in [0.29, 0.717) is 25.4 Å². The summed E-state index contributed by atoms with van der Waals surface area (Å²) in [6.45, 7) is 7.20. The number of para-hydroxylation sites is 1. The van der Waals surface area contributed by atoms with Gasteiger partial charge >= 0.3 is 0 Å². The number of halogens is 1. The van der Waals surface area contributed by atoms with E-state index in [9.17, 15) is 4.79 Å². The summed E-state index contributed by atoms with van der Waals surface area (Å²) in [5.41, 5.74) is 3.06. The Kier molecular flexibility index (Phi) is 4.69. The Labute approximate surface area is 182 Å². The van der Waals surface area contributed by atoms with Crippen molar-refractivity contribution in [2.75, 3.05) is 31.1 Å². The molecule has 1 saturated heterocycles. The van der Waals surface area contributed by atoms with Crippen LogP contribution in [0.1, 0.15) is 11.4 Å². The molecule has 1 aliphatic rings. The zero-order valence-electron chi connectivity index (χ0n) is 16.9. The lowest BCUT2D eigenvalue weighted by Gasteiger charge is -2.36. The van der Waals surface area contributed by atoms with Gasteiger partial charge in [0, 0.05) is 59.0 Å². The highest BCUT2D eigenvalue weighted by molar-refractivity contribution is 9.10. The summed E-state index contributed by atoms with van der Waals surface area (Å²) in [4.78, 5) is 25.9. The van der Waals surface area contributed by atoms with Crippen LogP contribution < -0.4 is 4.90 Å². The van der Waals surface area contributed by atoms with Gasteiger partial charge < -0.3 is 14.4 Å². The first-order valence-electron chi connectivity index (χ1n) is 9.96. The standard InChI is InChI=1S/C21H22BrN7O/c1-14-11-18(29-21(25-14)23-13-24-29)26-7-9-27(10-8-26)19(30)12-28-15(2)20(22)16-5-3-4-6-17(16)28/h3-6,11,13H,7-10,12H2,1-2H3. The van der Waals surface area contributed by atoms with Crippen molar-refractivity contribution in [3.8, 4) is 0 Å². The van der Waals surface area contributed by atoms with Crippen LogP contribution in [0.25, 0.3) is 16.7 Å². The largest absolute Gasteiger partial charge is 0.353 e. The first kappa shape index (κ1) is 19.0. The van der Waals surface area contributed by atoms with Crippen molar-refractivity contribution >= 4 is 44.3 Å². The number of benzene rings is 1. The topological polar surface area (TPSA) is 71.6 Å². The van der Waals surface area contributed by atoms with E-state index in [2.05, 4.69) is 52.6 Å². The number of aromatic nitrogens is 5. The van der Waals surface area contributed by atoms with Crippen molar-refractivity contribution in [3.05, 3.63) is 52.5 Å². The van der Waals surface area contributed by atoms with Gasteiger partial charge in [-0.25, -0.2) is 4.98 Å². The van der Waals surface area contributed by atoms with Gasteiger partial charge in [0.1, 0.15) is 18.7 Å². The van der Waals surface area contributed by atoms with Crippen molar-refractivity contribution in [3.63, 3.8) is 0 Å². The SMILES string of the molecule is Cc1cc(N2CCN(C(=O)Cn3c(C)c(Br)c4ccccc43)CC2)n2ncnc2n1. The summed E-state index contributed by atoms with van der Waals surface area (Å²) in [5.74, 6) is 1.71. The molecular weight excluding hydrogens is 446 g/mol. The molecule has 1 fully saturated rings. The van der Waals surface area contributed by atoms with Crippen LogP contribution in [0.2, 0.25) is 0 Å². The van der Waals surface area contributed by atoms with Gasteiger partial charge in [-0.1, -0.05) is 18.2 Å². The Morgan fingerprint density at radius 1 is 1.13 bits per heavy atom. The van der Waals surface area contributed by atoms with Crippen molar-refractivity contribution < 1.29 is 4.79 Å².